The first-order valence-electron chi connectivity index (χ1n) is 8.69. The molecule has 142 valence electrons. The number of Topliss-reactive ketones (excluding diaryl/α,β-unsaturated/α-hetero) is 1. The van der Waals surface area contributed by atoms with Crippen LogP contribution >= 0.6 is 0 Å². The molecule has 0 N–H and O–H groups in total. The molecule has 0 saturated heterocycles. The third kappa shape index (κ3) is 3.84. The highest BCUT2D eigenvalue weighted by molar-refractivity contribution is 6.23. The highest BCUT2D eigenvalue weighted by atomic mass is 16.5. The molecule has 1 aromatic carbocycles. The summed E-state index contributed by atoms with van der Waals surface area (Å²) in [5, 5.41) is 0. The fourth-order valence-corrected chi connectivity index (χ4v) is 3.29. The first kappa shape index (κ1) is 19.8. The van der Waals surface area contributed by atoms with Crippen LogP contribution in [0.1, 0.15) is 44.2 Å². The average Bonchev–Trinajstić information content (AvgIpc) is 2.64. The number of hydrogen-bond acceptors (Lipinski definition) is 6. The molecule has 0 heterocycles. The zero-order valence-electron chi connectivity index (χ0n) is 16.1. The van der Waals surface area contributed by atoms with E-state index in [1.165, 1.54) is 7.11 Å². The molecule has 0 radical (unpaired) electrons. The van der Waals surface area contributed by atoms with E-state index in [-0.39, 0.29) is 24.6 Å². The second kappa shape index (κ2) is 8.74. The second-order valence-corrected chi connectivity index (χ2v) is 6.06. The van der Waals surface area contributed by atoms with Crippen LogP contribution in [0.2, 0.25) is 0 Å². The third-order valence-corrected chi connectivity index (χ3v) is 4.50. The molecule has 0 aromatic heterocycles. The molecule has 1 aliphatic rings. The van der Waals surface area contributed by atoms with Crippen molar-refractivity contribution in [2.24, 2.45) is 0 Å². The molecule has 0 atom stereocenters. The first-order chi connectivity index (χ1) is 12.5. The first-order valence-corrected chi connectivity index (χ1v) is 8.69. The van der Waals surface area contributed by atoms with Gasteiger partial charge in [-0.15, -0.1) is 0 Å². The Balaban J connectivity index is 2.47. The fraction of sp³-hybridized carbons (Fsp3) is 0.500. The Kier molecular flexibility index (Phi) is 6.66. The van der Waals surface area contributed by atoms with Gasteiger partial charge in [0, 0.05) is 17.6 Å². The Labute approximate surface area is 154 Å². The highest BCUT2D eigenvalue weighted by Gasteiger charge is 2.30. The molecule has 0 unspecified atom stereocenters. The Bertz CT molecular complexity index is 732. The maximum absolute atomic E-state index is 12.9. The van der Waals surface area contributed by atoms with Gasteiger partial charge in [-0.1, -0.05) is 5.57 Å². The van der Waals surface area contributed by atoms with Crippen LogP contribution in [0.4, 0.5) is 0 Å². The molecule has 6 nitrogen and oxygen atoms in total. The molecule has 0 aliphatic heterocycles. The molecule has 1 aromatic rings. The van der Waals surface area contributed by atoms with Gasteiger partial charge in [-0.25, -0.2) is 0 Å². The predicted octanol–water partition coefficient (Wildman–Crippen LogP) is 3.34. The smallest absolute Gasteiger partial charge is 0.306 e. The van der Waals surface area contributed by atoms with E-state index in [1.54, 1.807) is 21.1 Å². The number of carbonyl (C=O) groups is 2. The van der Waals surface area contributed by atoms with Crippen molar-refractivity contribution in [3.63, 3.8) is 0 Å². The van der Waals surface area contributed by atoms with Crippen molar-refractivity contribution in [2.45, 2.75) is 39.5 Å². The number of esters is 1. The van der Waals surface area contributed by atoms with Gasteiger partial charge < -0.3 is 18.9 Å². The van der Waals surface area contributed by atoms with Gasteiger partial charge in [-0.05, 0) is 38.3 Å². The SMILES string of the molecule is CCOC(=O)CCC(=O)C1=C(C)CCc2cc(OC)c(OC)c(OC)c21. The van der Waals surface area contributed by atoms with E-state index >= 15 is 0 Å². The molecule has 2 rings (SSSR count). The summed E-state index contributed by atoms with van der Waals surface area (Å²) in [6, 6.07) is 1.89. The minimum absolute atomic E-state index is 0.0639. The summed E-state index contributed by atoms with van der Waals surface area (Å²) in [5.74, 6) is 1.05. The lowest BCUT2D eigenvalue weighted by atomic mass is 9.82. The monoisotopic (exact) mass is 362 g/mol. The van der Waals surface area contributed by atoms with Crippen LogP contribution in [0.3, 0.4) is 0 Å². The van der Waals surface area contributed by atoms with Gasteiger partial charge in [0.25, 0.3) is 0 Å². The quantitative estimate of drug-likeness (QED) is 0.661. The summed E-state index contributed by atoms with van der Waals surface area (Å²) >= 11 is 0. The molecule has 0 amide bonds. The van der Waals surface area contributed by atoms with E-state index in [4.69, 9.17) is 18.9 Å². The van der Waals surface area contributed by atoms with Crippen molar-refractivity contribution >= 4 is 17.3 Å². The molecule has 0 bridgehead atoms. The largest absolute Gasteiger partial charge is 0.493 e. The van der Waals surface area contributed by atoms with Crippen molar-refractivity contribution in [1.82, 2.24) is 0 Å². The Morgan fingerprint density at radius 3 is 2.27 bits per heavy atom. The number of aryl methyl sites for hydroxylation is 1. The Morgan fingerprint density at radius 2 is 1.69 bits per heavy atom. The van der Waals surface area contributed by atoms with Crippen molar-refractivity contribution in [3.05, 3.63) is 22.8 Å². The predicted molar refractivity (Wildman–Crippen MR) is 97.9 cm³/mol. The molecule has 1 aliphatic carbocycles. The lowest BCUT2D eigenvalue weighted by molar-refractivity contribution is -0.144. The van der Waals surface area contributed by atoms with Crippen molar-refractivity contribution in [3.8, 4) is 17.2 Å². The zero-order chi connectivity index (χ0) is 19.3. The topological polar surface area (TPSA) is 71.1 Å². The number of carbonyl (C=O) groups excluding carboxylic acids is 2. The minimum Gasteiger partial charge on any atom is -0.493 e. The molecule has 0 fully saturated rings. The highest BCUT2D eigenvalue weighted by Crippen LogP contribution is 2.48. The summed E-state index contributed by atoms with van der Waals surface area (Å²) in [7, 11) is 4.65. The number of hydrogen-bond donors (Lipinski definition) is 0. The van der Waals surface area contributed by atoms with E-state index in [2.05, 4.69) is 0 Å². The maximum atomic E-state index is 12.9. The van der Waals surface area contributed by atoms with Gasteiger partial charge in [-0.2, -0.15) is 0 Å². The van der Waals surface area contributed by atoms with Crippen LogP contribution in [0.15, 0.2) is 11.6 Å². The number of allylic oxidation sites excluding steroid dienone is 2. The summed E-state index contributed by atoms with van der Waals surface area (Å²) in [6.07, 6.45) is 1.72. The van der Waals surface area contributed by atoms with Crippen molar-refractivity contribution in [1.29, 1.82) is 0 Å². The number of fused-ring (bicyclic) bond motifs is 1. The van der Waals surface area contributed by atoms with Gasteiger partial charge in [0.2, 0.25) is 5.75 Å². The third-order valence-electron chi connectivity index (χ3n) is 4.50. The van der Waals surface area contributed by atoms with Gasteiger partial charge >= 0.3 is 5.97 Å². The maximum Gasteiger partial charge on any atom is 0.306 e. The fourth-order valence-electron chi connectivity index (χ4n) is 3.29. The molecular weight excluding hydrogens is 336 g/mol. The molecule has 26 heavy (non-hydrogen) atoms. The van der Waals surface area contributed by atoms with E-state index in [0.29, 0.717) is 29.4 Å². The number of methoxy groups -OCH3 is 3. The average molecular weight is 362 g/mol. The van der Waals surface area contributed by atoms with Gasteiger partial charge in [0.1, 0.15) is 0 Å². The standard InChI is InChI=1S/C20H26O6/c1-6-26-16(22)10-9-14(21)17-12(2)7-8-13-11-15(23-3)19(24-4)20(25-5)18(13)17/h11H,6-10H2,1-5H3. The van der Waals surface area contributed by atoms with Gasteiger partial charge in [0.15, 0.2) is 17.3 Å². The van der Waals surface area contributed by atoms with Crippen LogP contribution in [-0.4, -0.2) is 39.7 Å². The normalized spacial score (nSPS) is 13.1. The van der Waals surface area contributed by atoms with Gasteiger partial charge in [-0.3, -0.25) is 9.59 Å². The van der Waals surface area contributed by atoms with Crippen molar-refractivity contribution < 1.29 is 28.5 Å². The Hall–Kier alpha value is -2.50. The number of ketones is 1. The lowest BCUT2D eigenvalue weighted by Gasteiger charge is -2.25. The second-order valence-electron chi connectivity index (χ2n) is 6.06. The lowest BCUT2D eigenvalue weighted by Crippen LogP contribution is -2.15. The summed E-state index contributed by atoms with van der Waals surface area (Å²) in [6.45, 7) is 3.99. The summed E-state index contributed by atoms with van der Waals surface area (Å²) < 4.78 is 21.4. The zero-order valence-corrected chi connectivity index (χ0v) is 16.1. The summed E-state index contributed by atoms with van der Waals surface area (Å²) in [4.78, 5) is 24.5. The number of benzene rings is 1. The van der Waals surface area contributed by atoms with Crippen LogP contribution in [0, 0.1) is 0 Å². The number of rotatable bonds is 8. The van der Waals surface area contributed by atoms with Crippen LogP contribution < -0.4 is 14.2 Å². The van der Waals surface area contributed by atoms with E-state index in [9.17, 15) is 9.59 Å². The molecule has 0 saturated carbocycles. The minimum atomic E-state index is -0.366. The molecular formula is C20H26O6. The van der Waals surface area contributed by atoms with E-state index < -0.39 is 0 Å². The van der Waals surface area contributed by atoms with Gasteiger partial charge in [0.05, 0.1) is 34.4 Å². The summed E-state index contributed by atoms with van der Waals surface area (Å²) in [5.41, 5.74) is 3.30. The van der Waals surface area contributed by atoms with E-state index in [1.807, 2.05) is 13.0 Å². The molecule has 6 heteroatoms. The van der Waals surface area contributed by atoms with Crippen LogP contribution in [0.5, 0.6) is 17.2 Å². The Morgan fingerprint density at radius 1 is 1.00 bits per heavy atom. The number of ether oxygens (including phenoxy) is 4. The van der Waals surface area contributed by atoms with Crippen LogP contribution in [0.25, 0.3) is 5.57 Å². The van der Waals surface area contributed by atoms with Crippen molar-refractivity contribution in [2.75, 3.05) is 27.9 Å². The van der Waals surface area contributed by atoms with E-state index in [0.717, 1.165) is 29.5 Å². The molecule has 0 spiro atoms. The van der Waals surface area contributed by atoms with Crippen LogP contribution in [-0.2, 0) is 20.7 Å².